The fourth-order valence-electron chi connectivity index (χ4n) is 1.31. The number of aromatic nitrogens is 3. The van der Waals surface area contributed by atoms with Gasteiger partial charge in [-0.3, -0.25) is 9.48 Å². The number of nitrogens with zero attached hydrogens (tertiary/aromatic N) is 3. The van der Waals surface area contributed by atoms with Gasteiger partial charge in [0.2, 0.25) is 0 Å². The van der Waals surface area contributed by atoms with Crippen LogP contribution in [0.5, 0.6) is 0 Å². The van der Waals surface area contributed by atoms with Crippen LogP contribution in [0.25, 0.3) is 0 Å². The monoisotopic (exact) mass is 299 g/mol. The molecule has 0 aliphatic carbocycles. The first-order valence-corrected chi connectivity index (χ1v) is 6.31. The maximum atomic E-state index is 11.9. The quantitative estimate of drug-likeness (QED) is 0.818. The number of thiophene rings is 1. The summed E-state index contributed by atoms with van der Waals surface area (Å²) in [4.78, 5) is 16.7. The molecule has 0 aliphatic heterocycles. The summed E-state index contributed by atoms with van der Waals surface area (Å²) >= 11 is 4.87. The van der Waals surface area contributed by atoms with E-state index in [-0.39, 0.29) is 5.78 Å². The summed E-state index contributed by atoms with van der Waals surface area (Å²) in [5.74, 6) is 0.766. The van der Waals surface area contributed by atoms with E-state index in [1.54, 1.807) is 11.7 Å². The van der Waals surface area contributed by atoms with Gasteiger partial charge in [-0.25, -0.2) is 4.98 Å². The summed E-state index contributed by atoms with van der Waals surface area (Å²) in [7, 11) is 1.78. The highest BCUT2D eigenvalue weighted by Gasteiger charge is 2.14. The van der Waals surface area contributed by atoms with Crippen LogP contribution in [0.3, 0.4) is 0 Å². The van der Waals surface area contributed by atoms with Gasteiger partial charge in [0, 0.05) is 7.05 Å². The summed E-state index contributed by atoms with van der Waals surface area (Å²) in [6.07, 6.45) is 1.75. The zero-order chi connectivity index (χ0) is 11.7. The van der Waals surface area contributed by atoms with Gasteiger partial charge in [-0.15, -0.1) is 11.3 Å². The summed E-state index contributed by atoms with van der Waals surface area (Å²) < 4.78 is 2.63. The van der Waals surface area contributed by atoms with Crippen LogP contribution < -0.4 is 0 Å². The Labute approximate surface area is 105 Å². The average molecular weight is 300 g/mol. The third kappa shape index (κ3) is 2.22. The molecule has 0 bridgehead atoms. The lowest BCUT2D eigenvalue weighted by Crippen LogP contribution is -2.07. The van der Waals surface area contributed by atoms with E-state index in [9.17, 15) is 4.79 Å². The minimum atomic E-state index is 0.0786. The molecule has 84 valence electrons. The first kappa shape index (κ1) is 11.5. The first-order chi connectivity index (χ1) is 7.58. The van der Waals surface area contributed by atoms with E-state index in [1.165, 1.54) is 17.7 Å². The van der Waals surface area contributed by atoms with Crippen LogP contribution in [-0.2, 0) is 13.5 Å². The van der Waals surface area contributed by atoms with Crippen LogP contribution >= 0.6 is 27.3 Å². The number of ketones is 1. The molecule has 2 aromatic rings. The van der Waals surface area contributed by atoms with Crippen molar-refractivity contribution in [1.29, 1.82) is 0 Å². The van der Waals surface area contributed by atoms with Crippen molar-refractivity contribution in [2.75, 3.05) is 0 Å². The molecule has 0 amide bonds. The lowest BCUT2D eigenvalue weighted by atomic mass is 10.2. The minimum Gasteiger partial charge on any atom is -0.293 e. The van der Waals surface area contributed by atoms with E-state index in [1.807, 2.05) is 13.0 Å². The van der Waals surface area contributed by atoms with Crippen LogP contribution in [-0.4, -0.2) is 20.5 Å². The van der Waals surface area contributed by atoms with Gasteiger partial charge in [-0.2, -0.15) is 5.10 Å². The zero-order valence-electron chi connectivity index (χ0n) is 8.90. The molecule has 16 heavy (non-hydrogen) atoms. The lowest BCUT2D eigenvalue weighted by Gasteiger charge is -1.97. The van der Waals surface area contributed by atoms with Gasteiger partial charge in [0.1, 0.15) is 12.2 Å². The minimum absolute atomic E-state index is 0.0786. The second kappa shape index (κ2) is 4.47. The summed E-state index contributed by atoms with van der Waals surface area (Å²) in [5.41, 5.74) is 1.09. The smallest absolute Gasteiger partial charge is 0.180 e. The second-order valence-corrected chi connectivity index (χ2v) is 5.84. The molecule has 2 aromatic heterocycles. The Morgan fingerprint density at radius 2 is 2.38 bits per heavy atom. The van der Waals surface area contributed by atoms with E-state index < -0.39 is 0 Å². The van der Waals surface area contributed by atoms with Crippen LogP contribution in [0.4, 0.5) is 0 Å². The molecule has 0 unspecified atom stereocenters. The van der Waals surface area contributed by atoms with Gasteiger partial charge in [0.05, 0.1) is 15.1 Å². The Kier molecular flexibility index (Phi) is 3.20. The largest absolute Gasteiger partial charge is 0.293 e. The molecule has 0 fully saturated rings. The number of halogens is 1. The van der Waals surface area contributed by atoms with Crippen LogP contribution in [0.1, 0.15) is 21.1 Å². The number of rotatable bonds is 3. The third-order valence-corrected chi connectivity index (χ3v) is 4.43. The highest BCUT2D eigenvalue weighted by Crippen LogP contribution is 2.28. The maximum absolute atomic E-state index is 11.9. The lowest BCUT2D eigenvalue weighted by molar-refractivity contribution is 0.0993. The molecule has 0 saturated heterocycles. The van der Waals surface area contributed by atoms with E-state index in [0.717, 1.165) is 14.2 Å². The Bertz CT molecular complexity index is 512. The Morgan fingerprint density at radius 1 is 1.62 bits per heavy atom. The van der Waals surface area contributed by atoms with Crippen molar-refractivity contribution in [2.45, 2.75) is 13.3 Å². The van der Waals surface area contributed by atoms with Gasteiger partial charge in [-0.1, -0.05) is 0 Å². The average Bonchev–Trinajstić information content (AvgIpc) is 2.76. The molecule has 0 N–H and O–H groups in total. The molecule has 0 saturated carbocycles. The van der Waals surface area contributed by atoms with Gasteiger partial charge >= 0.3 is 0 Å². The molecule has 0 radical (unpaired) electrons. The van der Waals surface area contributed by atoms with Gasteiger partial charge in [-0.05, 0) is 34.5 Å². The van der Waals surface area contributed by atoms with E-state index >= 15 is 0 Å². The Hall–Kier alpha value is -1.01. The molecule has 0 spiro atoms. The molecule has 0 aliphatic rings. The third-order valence-electron chi connectivity index (χ3n) is 2.26. The van der Waals surface area contributed by atoms with E-state index in [0.29, 0.717) is 12.2 Å². The number of Topliss-reactive ketones (excluding diaryl/α,β-unsaturated/α-hetero) is 1. The summed E-state index contributed by atoms with van der Waals surface area (Å²) in [6, 6.07) is 1.90. The molecular weight excluding hydrogens is 290 g/mol. The maximum Gasteiger partial charge on any atom is 0.180 e. The molecule has 2 rings (SSSR count). The number of hydrogen-bond donors (Lipinski definition) is 0. The number of carbonyl (C=O) groups excluding carboxylic acids is 1. The van der Waals surface area contributed by atoms with Gasteiger partial charge < -0.3 is 0 Å². The van der Waals surface area contributed by atoms with Crippen LogP contribution in [0, 0.1) is 6.92 Å². The second-order valence-electron chi connectivity index (χ2n) is 3.47. The fraction of sp³-hybridized carbons (Fsp3) is 0.300. The predicted octanol–water partition coefficient (Wildman–Crippen LogP) is 2.37. The molecular formula is C10H10BrN3OS. The topological polar surface area (TPSA) is 47.8 Å². The summed E-state index contributed by atoms with van der Waals surface area (Å²) in [6.45, 7) is 1.97. The van der Waals surface area contributed by atoms with E-state index in [4.69, 9.17) is 0 Å². The Morgan fingerprint density at radius 3 is 2.88 bits per heavy atom. The van der Waals surface area contributed by atoms with E-state index in [2.05, 4.69) is 26.0 Å². The Balaban J connectivity index is 2.18. The van der Waals surface area contributed by atoms with Crippen molar-refractivity contribution >= 4 is 33.0 Å². The van der Waals surface area contributed by atoms with Crippen molar-refractivity contribution < 1.29 is 4.79 Å². The number of carbonyl (C=O) groups is 1. The highest BCUT2D eigenvalue weighted by atomic mass is 79.9. The molecule has 2 heterocycles. The standard InChI is InChI=1S/C10H10BrN3OS/c1-6-3-8(16-10(6)11)7(15)4-9-12-5-13-14(9)2/h3,5H,4H2,1-2H3. The zero-order valence-corrected chi connectivity index (χ0v) is 11.3. The highest BCUT2D eigenvalue weighted by molar-refractivity contribution is 9.11. The molecule has 0 atom stereocenters. The summed E-state index contributed by atoms with van der Waals surface area (Å²) in [5, 5.41) is 3.93. The number of aryl methyl sites for hydroxylation is 2. The van der Waals surface area contributed by atoms with Crippen molar-refractivity contribution in [3.63, 3.8) is 0 Å². The fourth-order valence-corrected chi connectivity index (χ4v) is 2.78. The molecule has 6 heteroatoms. The van der Waals surface area contributed by atoms with Crippen molar-refractivity contribution in [3.8, 4) is 0 Å². The van der Waals surface area contributed by atoms with Crippen molar-refractivity contribution in [2.24, 2.45) is 7.05 Å². The predicted molar refractivity (Wildman–Crippen MR) is 65.8 cm³/mol. The normalized spacial score (nSPS) is 10.7. The van der Waals surface area contributed by atoms with Gasteiger partial charge in [0.15, 0.2) is 5.78 Å². The van der Waals surface area contributed by atoms with Crippen molar-refractivity contribution in [1.82, 2.24) is 14.8 Å². The molecule has 4 nitrogen and oxygen atoms in total. The van der Waals surface area contributed by atoms with Gasteiger partial charge in [0.25, 0.3) is 0 Å². The van der Waals surface area contributed by atoms with Crippen LogP contribution in [0.2, 0.25) is 0 Å². The number of hydrogen-bond acceptors (Lipinski definition) is 4. The van der Waals surface area contributed by atoms with Crippen molar-refractivity contribution in [3.05, 3.63) is 32.4 Å². The van der Waals surface area contributed by atoms with Crippen LogP contribution in [0.15, 0.2) is 16.2 Å². The first-order valence-electron chi connectivity index (χ1n) is 4.70. The molecule has 0 aromatic carbocycles. The SMILES string of the molecule is Cc1cc(C(=O)Cc2ncnn2C)sc1Br.